The van der Waals surface area contributed by atoms with E-state index in [9.17, 15) is 14.7 Å². The summed E-state index contributed by atoms with van der Waals surface area (Å²) in [5.41, 5.74) is 6.33. The predicted octanol–water partition coefficient (Wildman–Crippen LogP) is 3.09. The summed E-state index contributed by atoms with van der Waals surface area (Å²) in [7, 11) is 0. The number of carbonyl (C=O) groups is 2. The van der Waals surface area contributed by atoms with Crippen molar-refractivity contribution < 1.29 is 19.4 Å². The van der Waals surface area contributed by atoms with E-state index in [1.54, 1.807) is 26.8 Å². The lowest BCUT2D eigenvalue weighted by molar-refractivity contribution is 0.0528. The zero-order chi connectivity index (χ0) is 22.5. The molecule has 0 saturated carbocycles. The van der Waals surface area contributed by atoms with Crippen molar-refractivity contribution in [3.05, 3.63) is 46.4 Å². The van der Waals surface area contributed by atoms with Crippen LogP contribution in [0, 0.1) is 0 Å². The van der Waals surface area contributed by atoms with Gasteiger partial charge in [0.05, 0.1) is 6.10 Å². The Balaban J connectivity index is 2.11. The van der Waals surface area contributed by atoms with E-state index in [1.807, 2.05) is 18.2 Å². The van der Waals surface area contributed by atoms with Crippen LogP contribution < -0.4 is 16.4 Å². The topological polar surface area (TPSA) is 139 Å². The molecule has 0 spiro atoms. The van der Waals surface area contributed by atoms with Gasteiger partial charge in [0.15, 0.2) is 16.7 Å². The van der Waals surface area contributed by atoms with Crippen LogP contribution >= 0.6 is 11.6 Å². The van der Waals surface area contributed by atoms with Gasteiger partial charge in [-0.25, -0.2) is 14.8 Å². The van der Waals surface area contributed by atoms with E-state index < -0.39 is 23.7 Å². The van der Waals surface area contributed by atoms with Crippen LogP contribution in [0.25, 0.3) is 0 Å². The highest BCUT2D eigenvalue weighted by molar-refractivity contribution is 6.30. The second-order valence-corrected chi connectivity index (χ2v) is 8.00. The van der Waals surface area contributed by atoms with Gasteiger partial charge in [0, 0.05) is 12.2 Å². The number of aromatic nitrogens is 2. The van der Waals surface area contributed by atoms with Crippen molar-refractivity contribution in [3.8, 4) is 0 Å². The molecule has 0 aliphatic carbocycles. The Kier molecular flexibility index (Phi) is 7.58. The van der Waals surface area contributed by atoms with Gasteiger partial charge < -0.3 is 26.2 Å². The Bertz CT molecular complexity index is 928. The number of halogens is 1. The number of nitrogens with one attached hydrogen (secondary N) is 2. The molecular weight excluding hydrogens is 410 g/mol. The van der Waals surface area contributed by atoms with Crippen molar-refractivity contribution in [3.63, 3.8) is 0 Å². The van der Waals surface area contributed by atoms with Gasteiger partial charge in [-0.05, 0) is 51.8 Å². The number of hydrogen-bond acceptors (Lipinski definition) is 7. The minimum absolute atomic E-state index is 0.0322. The highest BCUT2D eigenvalue weighted by Crippen LogP contribution is 2.25. The molecule has 0 unspecified atom stereocenters. The van der Waals surface area contributed by atoms with E-state index in [4.69, 9.17) is 22.1 Å². The van der Waals surface area contributed by atoms with Crippen LogP contribution in [-0.2, 0) is 11.2 Å². The fraction of sp³-hybridized carbons (Fsp3) is 0.400. The first kappa shape index (κ1) is 23.4. The molecule has 0 aliphatic rings. The Morgan fingerprint density at radius 2 is 2.00 bits per heavy atom. The summed E-state index contributed by atoms with van der Waals surface area (Å²) in [5.74, 6) is -0.720. The molecule has 5 N–H and O–H groups in total. The molecule has 0 bridgehead atoms. The lowest BCUT2D eigenvalue weighted by Crippen LogP contribution is -2.33. The smallest absolute Gasteiger partial charge is 0.407 e. The minimum Gasteiger partial charge on any atom is -0.444 e. The van der Waals surface area contributed by atoms with Crippen LogP contribution in [0.4, 0.5) is 16.3 Å². The van der Waals surface area contributed by atoms with Gasteiger partial charge in [-0.1, -0.05) is 23.7 Å². The Morgan fingerprint density at radius 1 is 1.30 bits per heavy atom. The molecule has 30 heavy (non-hydrogen) atoms. The van der Waals surface area contributed by atoms with Crippen molar-refractivity contribution >= 4 is 35.1 Å². The maximum Gasteiger partial charge on any atom is 0.407 e. The molecule has 9 nitrogen and oxygen atoms in total. The van der Waals surface area contributed by atoms with Crippen molar-refractivity contribution in [1.29, 1.82) is 0 Å². The summed E-state index contributed by atoms with van der Waals surface area (Å²) in [4.78, 5) is 31.7. The minimum atomic E-state index is -1.00. The number of carbonyl (C=O) groups excluding carboxylic acids is 2. The third-order valence-electron chi connectivity index (χ3n) is 3.78. The van der Waals surface area contributed by atoms with Gasteiger partial charge in [-0.2, -0.15) is 0 Å². The van der Waals surface area contributed by atoms with E-state index in [-0.39, 0.29) is 22.4 Å². The first-order valence-corrected chi connectivity index (χ1v) is 9.72. The normalized spacial score (nSPS) is 12.2. The van der Waals surface area contributed by atoms with Gasteiger partial charge in [0.25, 0.3) is 5.91 Å². The summed E-state index contributed by atoms with van der Waals surface area (Å²) < 4.78 is 5.20. The zero-order valence-corrected chi connectivity index (χ0v) is 18.1. The predicted molar refractivity (Wildman–Crippen MR) is 114 cm³/mol. The van der Waals surface area contributed by atoms with Gasteiger partial charge >= 0.3 is 6.09 Å². The van der Waals surface area contributed by atoms with E-state index >= 15 is 0 Å². The second-order valence-electron chi connectivity index (χ2n) is 7.64. The number of nitrogens with zero attached hydrogens (tertiary/aromatic N) is 2. The number of nitrogens with two attached hydrogens (primary N) is 1. The SMILES string of the molecule is C[C@@H](O)c1nc(C(N)=O)c(Nc2cccc(CCNC(=O)OC(C)(C)C)c2)nc1Cl. The number of anilines is 2. The standard InChI is InChI=1S/C20H26ClN5O4/c1-11(27)14-16(21)26-18(15(25-14)17(22)28)24-13-7-5-6-12(10-13)8-9-23-19(29)30-20(2,3)4/h5-7,10-11,27H,8-9H2,1-4H3,(H2,22,28)(H,23,29)(H,24,26)/t11-/m1/s1. The molecule has 1 aromatic carbocycles. The number of aliphatic hydroxyl groups is 1. The molecule has 1 aromatic heterocycles. The monoisotopic (exact) mass is 435 g/mol. The van der Waals surface area contributed by atoms with Gasteiger partial charge in [0.1, 0.15) is 11.3 Å². The molecule has 2 amide bonds. The number of alkyl carbamates (subject to hydrolysis) is 1. The summed E-state index contributed by atoms with van der Waals surface area (Å²) >= 11 is 6.06. The van der Waals surface area contributed by atoms with Crippen molar-refractivity contribution in [2.75, 3.05) is 11.9 Å². The number of ether oxygens (including phenoxy) is 1. The summed E-state index contributed by atoms with van der Waals surface area (Å²) in [5, 5.41) is 15.4. The molecule has 0 saturated heterocycles. The van der Waals surface area contributed by atoms with E-state index in [1.165, 1.54) is 6.92 Å². The summed E-state index contributed by atoms with van der Waals surface area (Å²) in [6, 6.07) is 7.31. The highest BCUT2D eigenvalue weighted by Gasteiger charge is 2.19. The number of hydrogen-bond donors (Lipinski definition) is 4. The van der Waals surface area contributed by atoms with E-state index in [0.717, 1.165) is 5.56 Å². The van der Waals surface area contributed by atoms with Crippen molar-refractivity contribution in [1.82, 2.24) is 15.3 Å². The van der Waals surface area contributed by atoms with Crippen molar-refractivity contribution in [2.45, 2.75) is 45.8 Å². The van der Waals surface area contributed by atoms with Crippen LogP contribution in [0.1, 0.15) is 55.5 Å². The van der Waals surface area contributed by atoms with Gasteiger partial charge in [-0.3, -0.25) is 4.79 Å². The quantitative estimate of drug-likeness (QED) is 0.523. The summed E-state index contributed by atoms with van der Waals surface area (Å²) in [6.07, 6.45) is -0.922. The number of amides is 2. The molecule has 10 heteroatoms. The molecular formula is C20H26ClN5O4. The molecule has 162 valence electrons. The first-order chi connectivity index (χ1) is 14.0. The maximum absolute atomic E-state index is 11.8. The number of rotatable bonds is 7. The first-order valence-electron chi connectivity index (χ1n) is 9.34. The molecule has 0 radical (unpaired) electrons. The van der Waals surface area contributed by atoms with Crippen LogP contribution in [0.2, 0.25) is 5.15 Å². The van der Waals surface area contributed by atoms with Crippen molar-refractivity contribution in [2.24, 2.45) is 5.73 Å². The van der Waals surface area contributed by atoms with Crippen LogP contribution in [0.5, 0.6) is 0 Å². The van der Waals surface area contributed by atoms with Gasteiger partial charge in [0.2, 0.25) is 0 Å². The Hall–Kier alpha value is -2.91. The van der Waals surface area contributed by atoms with E-state index in [0.29, 0.717) is 18.7 Å². The lowest BCUT2D eigenvalue weighted by atomic mass is 10.1. The summed E-state index contributed by atoms with van der Waals surface area (Å²) in [6.45, 7) is 7.24. The zero-order valence-electron chi connectivity index (χ0n) is 17.3. The number of aliphatic hydroxyl groups excluding tert-OH is 1. The van der Waals surface area contributed by atoms with Gasteiger partial charge in [-0.15, -0.1) is 0 Å². The molecule has 1 heterocycles. The average Bonchev–Trinajstić information content (AvgIpc) is 2.60. The highest BCUT2D eigenvalue weighted by atomic mass is 35.5. The maximum atomic E-state index is 11.8. The fourth-order valence-corrected chi connectivity index (χ4v) is 2.80. The Labute approximate surface area is 180 Å². The average molecular weight is 436 g/mol. The molecule has 2 rings (SSSR count). The van der Waals surface area contributed by atoms with Crippen LogP contribution in [0.3, 0.4) is 0 Å². The Morgan fingerprint density at radius 3 is 2.60 bits per heavy atom. The second kappa shape index (κ2) is 9.73. The lowest BCUT2D eigenvalue weighted by Gasteiger charge is -2.19. The molecule has 0 aliphatic heterocycles. The van der Waals surface area contributed by atoms with E-state index in [2.05, 4.69) is 20.6 Å². The molecule has 2 aromatic rings. The molecule has 1 atom stereocenters. The third-order valence-corrected chi connectivity index (χ3v) is 4.06. The number of primary amides is 1. The van der Waals surface area contributed by atoms with Crippen LogP contribution in [0.15, 0.2) is 24.3 Å². The number of benzene rings is 1. The third kappa shape index (κ3) is 6.85. The van der Waals surface area contributed by atoms with Crippen LogP contribution in [-0.4, -0.2) is 39.2 Å². The largest absolute Gasteiger partial charge is 0.444 e. The fourth-order valence-electron chi connectivity index (χ4n) is 2.52. The molecule has 0 fully saturated rings.